The quantitative estimate of drug-likeness (QED) is 0.811. The summed E-state index contributed by atoms with van der Waals surface area (Å²) in [7, 11) is 0. The van der Waals surface area contributed by atoms with Crippen molar-refractivity contribution < 1.29 is 9.59 Å². The lowest BCUT2D eigenvalue weighted by molar-refractivity contribution is -0.124. The third-order valence-corrected chi connectivity index (χ3v) is 3.02. The molecule has 1 saturated carbocycles. The van der Waals surface area contributed by atoms with Crippen molar-refractivity contribution in [3.8, 4) is 0 Å². The fourth-order valence-electron chi connectivity index (χ4n) is 2.27. The Morgan fingerprint density at radius 2 is 2.18 bits per heavy atom. The average molecular weight is 235 g/mol. The number of ketones is 1. The Bertz CT molecular complexity index is 419. The first kappa shape index (κ1) is 11.8. The standard InChI is InChI=1S/C12H17N3O2/c1-9(16)8-12(17)14-11-6-7-13-15(11)10-4-2-3-5-10/h6-7,10H,2-5,8H2,1H3,(H,14,17). The molecule has 1 amide bonds. The van der Waals surface area contributed by atoms with Crippen molar-refractivity contribution in [2.45, 2.75) is 45.1 Å². The lowest BCUT2D eigenvalue weighted by Crippen LogP contribution is -2.19. The van der Waals surface area contributed by atoms with E-state index in [2.05, 4.69) is 10.4 Å². The van der Waals surface area contributed by atoms with Crippen LogP contribution >= 0.6 is 0 Å². The Kier molecular flexibility index (Phi) is 3.56. The van der Waals surface area contributed by atoms with E-state index >= 15 is 0 Å². The maximum absolute atomic E-state index is 11.5. The van der Waals surface area contributed by atoms with Gasteiger partial charge in [0, 0.05) is 6.07 Å². The molecule has 0 bridgehead atoms. The highest BCUT2D eigenvalue weighted by Gasteiger charge is 2.20. The number of hydrogen-bond donors (Lipinski definition) is 1. The van der Waals surface area contributed by atoms with Gasteiger partial charge in [0.05, 0.1) is 18.7 Å². The van der Waals surface area contributed by atoms with Crippen LogP contribution in [0.1, 0.15) is 45.1 Å². The molecule has 17 heavy (non-hydrogen) atoms. The van der Waals surface area contributed by atoms with Gasteiger partial charge in [-0.15, -0.1) is 0 Å². The van der Waals surface area contributed by atoms with E-state index in [1.54, 1.807) is 12.3 Å². The topological polar surface area (TPSA) is 64.0 Å². The Morgan fingerprint density at radius 3 is 2.82 bits per heavy atom. The summed E-state index contributed by atoms with van der Waals surface area (Å²) in [5.74, 6) is 0.301. The Hall–Kier alpha value is -1.65. The van der Waals surface area contributed by atoms with E-state index in [-0.39, 0.29) is 18.1 Å². The van der Waals surface area contributed by atoms with E-state index in [4.69, 9.17) is 0 Å². The Balaban J connectivity index is 2.03. The van der Waals surface area contributed by atoms with Crippen LogP contribution in [0, 0.1) is 0 Å². The van der Waals surface area contributed by atoms with Gasteiger partial charge < -0.3 is 5.32 Å². The van der Waals surface area contributed by atoms with Gasteiger partial charge in [0.15, 0.2) is 0 Å². The van der Waals surface area contributed by atoms with Gasteiger partial charge >= 0.3 is 0 Å². The van der Waals surface area contributed by atoms with E-state index in [1.165, 1.54) is 19.8 Å². The number of Topliss-reactive ketones (excluding diaryl/α,β-unsaturated/α-hetero) is 1. The highest BCUT2D eigenvalue weighted by Crippen LogP contribution is 2.31. The molecular formula is C12H17N3O2. The molecule has 92 valence electrons. The molecule has 1 fully saturated rings. The number of amides is 1. The molecule has 0 atom stereocenters. The molecule has 2 rings (SSSR count). The van der Waals surface area contributed by atoms with Crippen LogP contribution < -0.4 is 5.32 Å². The van der Waals surface area contributed by atoms with Gasteiger partial charge in [0.2, 0.25) is 5.91 Å². The van der Waals surface area contributed by atoms with Crippen molar-refractivity contribution in [2.75, 3.05) is 5.32 Å². The van der Waals surface area contributed by atoms with Crippen LogP contribution in [0.4, 0.5) is 5.82 Å². The van der Waals surface area contributed by atoms with E-state index in [0.29, 0.717) is 11.9 Å². The van der Waals surface area contributed by atoms with Crippen LogP contribution in [-0.2, 0) is 9.59 Å². The molecular weight excluding hydrogens is 218 g/mol. The molecule has 0 unspecified atom stereocenters. The molecule has 0 aliphatic heterocycles. The zero-order valence-electron chi connectivity index (χ0n) is 9.98. The number of anilines is 1. The SMILES string of the molecule is CC(=O)CC(=O)Nc1ccnn1C1CCCC1. The van der Waals surface area contributed by atoms with Crippen molar-refractivity contribution >= 4 is 17.5 Å². The van der Waals surface area contributed by atoms with Crippen molar-refractivity contribution in [1.82, 2.24) is 9.78 Å². The van der Waals surface area contributed by atoms with Crippen molar-refractivity contribution in [3.63, 3.8) is 0 Å². The third-order valence-electron chi connectivity index (χ3n) is 3.02. The Labute approximate surface area is 100 Å². The second-order valence-corrected chi connectivity index (χ2v) is 4.53. The van der Waals surface area contributed by atoms with Crippen LogP contribution in [0.25, 0.3) is 0 Å². The van der Waals surface area contributed by atoms with Gasteiger partial charge in [-0.05, 0) is 19.8 Å². The number of rotatable bonds is 4. The molecule has 1 aromatic rings. The average Bonchev–Trinajstić information content (AvgIpc) is 2.84. The first-order chi connectivity index (χ1) is 8.16. The molecule has 1 aliphatic carbocycles. The lowest BCUT2D eigenvalue weighted by Gasteiger charge is -2.14. The van der Waals surface area contributed by atoms with Gasteiger partial charge in [0.25, 0.3) is 0 Å². The zero-order valence-corrected chi connectivity index (χ0v) is 9.98. The summed E-state index contributed by atoms with van der Waals surface area (Å²) in [5.41, 5.74) is 0. The van der Waals surface area contributed by atoms with E-state index in [9.17, 15) is 9.59 Å². The normalized spacial score (nSPS) is 16.1. The second kappa shape index (κ2) is 5.12. The number of nitrogens with zero attached hydrogens (tertiary/aromatic N) is 2. The summed E-state index contributed by atoms with van der Waals surface area (Å²) in [6, 6.07) is 2.16. The fourth-order valence-corrected chi connectivity index (χ4v) is 2.27. The van der Waals surface area contributed by atoms with Gasteiger partial charge in [-0.25, -0.2) is 4.68 Å². The summed E-state index contributed by atoms with van der Waals surface area (Å²) in [6.07, 6.45) is 6.25. The predicted molar refractivity (Wildman–Crippen MR) is 63.7 cm³/mol. The summed E-state index contributed by atoms with van der Waals surface area (Å²) in [4.78, 5) is 22.4. The molecule has 0 spiro atoms. The Morgan fingerprint density at radius 1 is 1.47 bits per heavy atom. The minimum atomic E-state index is -0.266. The highest BCUT2D eigenvalue weighted by atomic mass is 16.2. The van der Waals surface area contributed by atoms with Crippen LogP contribution in [0.5, 0.6) is 0 Å². The number of aromatic nitrogens is 2. The number of hydrogen-bond acceptors (Lipinski definition) is 3. The van der Waals surface area contributed by atoms with Gasteiger partial charge in [-0.2, -0.15) is 5.10 Å². The number of carbonyl (C=O) groups excluding carboxylic acids is 2. The van der Waals surface area contributed by atoms with Crippen molar-refractivity contribution in [1.29, 1.82) is 0 Å². The third kappa shape index (κ3) is 2.93. The predicted octanol–water partition coefficient (Wildman–Crippen LogP) is 1.92. The van der Waals surface area contributed by atoms with Crippen LogP contribution in [0.2, 0.25) is 0 Å². The summed E-state index contributed by atoms with van der Waals surface area (Å²) in [6.45, 7) is 1.41. The summed E-state index contributed by atoms with van der Waals surface area (Å²) in [5, 5.41) is 6.99. The zero-order chi connectivity index (χ0) is 12.3. The second-order valence-electron chi connectivity index (χ2n) is 4.53. The van der Waals surface area contributed by atoms with Crippen LogP contribution in [0.15, 0.2) is 12.3 Å². The van der Waals surface area contributed by atoms with Gasteiger partial charge in [-0.1, -0.05) is 12.8 Å². The largest absolute Gasteiger partial charge is 0.311 e. The van der Waals surface area contributed by atoms with Gasteiger partial charge in [-0.3, -0.25) is 9.59 Å². The van der Waals surface area contributed by atoms with E-state index in [0.717, 1.165) is 12.8 Å². The molecule has 0 aromatic carbocycles. The molecule has 1 aromatic heterocycles. The molecule has 0 saturated heterocycles. The van der Waals surface area contributed by atoms with E-state index < -0.39 is 0 Å². The van der Waals surface area contributed by atoms with Crippen LogP contribution in [0.3, 0.4) is 0 Å². The first-order valence-electron chi connectivity index (χ1n) is 5.99. The van der Waals surface area contributed by atoms with Gasteiger partial charge in [0.1, 0.15) is 11.6 Å². The highest BCUT2D eigenvalue weighted by molar-refractivity contribution is 6.03. The first-order valence-corrected chi connectivity index (χ1v) is 5.99. The maximum Gasteiger partial charge on any atom is 0.232 e. The maximum atomic E-state index is 11.5. The number of nitrogens with one attached hydrogen (secondary N) is 1. The molecule has 1 aliphatic rings. The molecule has 0 radical (unpaired) electrons. The van der Waals surface area contributed by atoms with Crippen molar-refractivity contribution in [3.05, 3.63) is 12.3 Å². The summed E-state index contributed by atoms with van der Waals surface area (Å²) >= 11 is 0. The summed E-state index contributed by atoms with van der Waals surface area (Å²) < 4.78 is 1.87. The van der Waals surface area contributed by atoms with E-state index in [1.807, 2.05) is 4.68 Å². The lowest BCUT2D eigenvalue weighted by atomic mass is 10.2. The minimum Gasteiger partial charge on any atom is -0.311 e. The molecule has 1 heterocycles. The minimum absolute atomic E-state index is 0.0736. The van der Waals surface area contributed by atoms with Crippen molar-refractivity contribution in [2.24, 2.45) is 0 Å². The number of carbonyl (C=O) groups is 2. The molecule has 1 N–H and O–H groups in total. The molecule has 5 heteroatoms. The fraction of sp³-hybridized carbons (Fsp3) is 0.583. The molecule has 5 nitrogen and oxygen atoms in total. The monoisotopic (exact) mass is 235 g/mol. The van der Waals surface area contributed by atoms with Crippen LogP contribution in [-0.4, -0.2) is 21.5 Å². The smallest absolute Gasteiger partial charge is 0.232 e.